The molecule has 1 aromatic carbocycles. The van der Waals surface area contributed by atoms with Crippen molar-refractivity contribution in [2.75, 3.05) is 5.32 Å². The molecular weight excluding hydrogens is 190 g/mol. The highest BCUT2D eigenvalue weighted by Crippen LogP contribution is 2.24. The first-order valence-corrected chi connectivity index (χ1v) is 4.99. The first kappa shape index (κ1) is 9.77. The van der Waals surface area contributed by atoms with E-state index in [-0.39, 0.29) is 5.91 Å². The van der Waals surface area contributed by atoms with Crippen LogP contribution >= 0.6 is 0 Å². The van der Waals surface area contributed by atoms with Crippen LogP contribution in [-0.4, -0.2) is 5.91 Å². The van der Waals surface area contributed by atoms with E-state index in [9.17, 15) is 4.79 Å². The molecule has 0 unspecified atom stereocenters. The third-order valence-electron chi connectivity index (χ3n) is 2.29. The summed E-state index contributed by atoms with van der Waals surface area (Å²) < 4.78 is 5.49. The van der Waals surface area contributed by atoms with Crippen LogP contribution in [0.1, 0.15) is 19.4 Å². The number of fused-ring (bicyclic) bond motifs is 1. The zero-order valence-electron chi connectivity index (χ0n) is 8.83. The van der Waals surface area contributed by atoms with E-state index >= 15 is 0 Å². The Balaban J connectivity index is 2.42. The van der Waals surface area contributed by atoms with Gasteiger partial charge >= 0.3 is 0 Å². The van der Waals surface area contributed by atoms with Gasteiger partial charge in [-0.1, -0.05) is 19.1 Å². The molecule has 78 valence electrons. The number of amides is 1. The fourth-order valence-electron chi connectivity index (χ4n) is 1.53. The van der Waals surface area contributed by atoms with E-state index in [1.54, 1.807) is 0 Å². The molecule has 2 aromatic rings. The summed E-state index contributed by atoms with van der Waals surface area (Å²) in [6.07, 6.45) is 0.978. The third kappa shape index (κ3) is 2.01. The smallest absolute Gasteiger partial charge is 0.223 e. The van der Waals surface area contributed by atoms with Crippen molar-refractivity contribution >= 4 is 22.8 Å². The van der Waals surface area contributed by atoms with E-state index in [0.29, 0.717) is 5.88 Å². The normalized spacial score (nSPS) is 10.5. The van der Waals surface area contributed by atoms with Crippen molar-refractivity contribution in [3.63, 3.8) is 0 Å². The van der Waals surface area contributed by atoms with Crippen molar-refractivity contribution in [3.8, 4) is 0 Å². The molecule has 0 fully saturated rings. The highest BCUT2D eigenvalue weighted by molar-refractivity contribution is 5.91. The molecular formula is C12H13NO2. The predicted octanol–water partition coefficient (Wildman–Crippen LogP) is 2.95. The molecule has 0 aliphatic rings. The maximum Gasteiger partial charge on any atom is 0.223 e. The average Bonchev–Trinajstić information content (AvgIpc) is 2.57. The quantitative estimate of drug-likeness (QED) is 0.815. The van der Waals surface area contributed by atoms with Crippen molar-refractivity contribution in [3.05, 3.63) is 29.8 Å². The van der Waals surface area contributed by atoms with Gasteiger partial charge in [-0.05, 0) is 18.1 Å². The van der Waals surface area contributed by atoms with Gasteiger partial charge in [0.1, 0.15) is 5.58 Å². The molecule has 0 saturated carbocycles. The summed E-state index contributed by atoms with van der Waals surface area (Å²) in [6.45, 7) is 3.56. The first-order valence-electron chi connectivity index (χ1n) is 4.99. The minimum atomic E-state index is -0.121. The van der Waals surface area contributed by atoms with Gasteiger partial charge < -0.3 is 4.42 Å². The molecule has 15 heavy (non-hydrogen) atoms. The molecule has 0 aliphatic carbocycles. The molecule has 1 amide bonds. The molecule has 0 spiro atoms. The molecule has 2 rings (SSSR count). The molecule has 0 saturated heterocycles. The maximum atomic E-state index is 10.8. The minimum absolute atomic E-state index is 0.121. The summed E-state index contributed by atoms with van der Waals surface area (Å²) in [5.74, 6) is 0.385. The lowest BCUT2D eigenvalue weighted by Crippen LogP contribution is -2.04. The van der Waals surface area contributed by atoms with E-state index in [4.69, 9.17) is 4.42 Å². The number of rotatable bonds is 2. The summed E-state index contributed by atoms with van der Waals surface area (Å²) in [5, 5.41) is 3.64. The summed E-state index contributed by atoms with van der Waals surface area (Å²) in [6, 6.07) is 7.90. The Kier molecular flexibility index (Phi) is 2.46. The molecule has 1 N–H and O–H groups in total. The van der Waals surface area contributed by atoms with Gasteiger partial charge in [0, 0.05) is 18.4 Å². The lowest BCUT2D eigenvalue weighted by Gasteiger charge is -1.94. The van der Waals surface area contributed by atoms with Gasteiger partial charge in [0.2, 0.25) is 11.8 Å². The van der Waals surface area contributed by atoms with Crippen LogP contribution in [0, 0.1) is 0 Å². The molecule has 0 aliphatic heterocycles. The lowest BCUT2D eigenvalue weighted by atomic mass is 10.1. The van der Waals surface area contributed by atoms with Crippen LogP contribution in [0.15, 0.2) is 28.7 Å². The van der Waals surface area contributed by atoms with Crippen LogP contribution in [-0.2, 0) is 11.2 Å². The summed E-state index contributed by atoms with van der Waals surface area (Å²) in [4.78, 5) is 10.8. The predicted molar refractivity (Wildman–Crippen MR) is 59.9 cm³/mol. The Hall–Kier alpha value is -1.77. The number of carbonyl (C=O) groups excluding carboxylic acids is 1. The Morgan fingerprint density at radius 3 is 2.87 bits per heavy atom. The Morgan fingerprint density at radius 1 is 1.40 bits per heavy atom. The summed E-state index contributed by atoms with van der Waals surface area (Å²) >= 11 is 0. The van der Waals surface area contributed by atoms with Crippen molar-refractivity contribution < 1.29 is 9.21 Å². The van der Waals surface area contributed by atoms with Crippen molar-refractivity contribution in [2.24, 2.45) is 0 Å². The molecule has 1 aromatic heterocycles. The second-order valence-electron chi connectivity index (χ2n) is 3.52. The third-order valence-corrected chi connectivity index (χ3v) is 2.29. The van der Waals surface area contributed by atoms with Crippen molar-refractivity contribution in [2.45, 2.75) is 20.3 Å². The minimum Gasteiger partial charge on any atom is -0.440 e. The highest BCUT2D eigenvalue weighted by atomic mass is 16.4. The number of carbonyl (C=O) groups is 1. The topological polar surface area (TPSA) is 42.2 Å². The molecule has 3 nitrogen and oxygen atoms in total. The first-order chi connectivity index (χ1) is 7.19. The van der Waals surface area contributed by atoms with Gasteiger partial charge in [0.25, 0.3) is 0 Å². The lowest BCUT2D eigenvalue weighted by molar-refractivity contribution is -0.114. The number of aryl methyl sites for hydroxylation is 1. The van der Waals surface area contributed by atoms with Gasteiger partial charge in [-0.15, -0.1) is 0 Å². The van der Waals surface area contributed by atoms with E-state index in [0.717, 1.165) is 17.4 Å². The summed E-state index contributed by atoms with van der Waals surface area (Å²) in [5.41, 5.74) is 2.05. The number of benzene rings is 1. The zero-order valence-corrected chi connectivity index (χ0v) is 8.83. The number of furan rings is 1. The molecule has 0 radical (unpaired) electrons. The van der Waals surface area contributed by atoms with Gasteiger partial charge in [0.05, 0.1) is 0 Å². The number of hydrogen-bond acceptors (Lipinski definition) is 2. The van der Waals surface area contributed by atoms with Crippen LogP contribution in [0.5, 0.6) is 0 Å². The van der Waals surface area contributed by atoms with Crippen LogP contribution in [0.2, 0.25) is 0 Å². The van der Waals surface area contributed by atoms with Crippen LogP contribution < -0.4 is 5.32 Å². The number of anilines is 1. The van der Waals surface area contributed by atoms with E-state index in [1.165, 1.54) is 12.5 Å². The Morgan fingerprint density at radius 2 is 2.20 bits per heavy atom. The van der Waals surface area contributed by atoms with Crippen LogP contribution in [0.3, 0.4) is 0 Å². The molecule has 3 heteroatoms. The van der Waals surface area contributed by atoms with Gasteiger partial charge in [-0.25, -0.2) is 0 Å². The molecule has 0 atom stereocenters. The number of nitrogens with one attached hydrogen (secondary N) is 1. The van der Waals surface area contributed by atoms with Crippen LogP contribution in [0.4, 0.5) is 5.88 Å². The molecule has 1 heterocycles. The summed E-state index contributed by atoms with van der Waals surface area (Å²) in [7, 11) is 0. The van der Waals surface area contributed by atoms with Gasteiger partial charge in [-0.3, -0.25) is 10.1 Å². The number of hydrogen-bond donors (Lipinski definition) is 1. The Labute approximate surface area is 88.1 Å². The van der Waals surface area contributed by atoms with E-state index in [2.05, 4.69) is 18.3 Å². The van der Waals surface area contributed by atoms with Crippen molar-refractivity contribution in [1.82, 2.24) is 0 Å². The maximum absolute atomic E-state index is 10.8. The van der Waals surface area contributed by atoms with Gasteiger partial charge in [-0.2, -0.15) is 0 Å². The van der Waals surface area contributed by atoms with Crippen molar-refractivity contribution in [1.29, 1.82) is 0 Å². The standard InChI is InChI=1S/C12H13NO2/c1-3-9-4-5-10-7-12(13-8(2)14)15-11(10)6-9/h4-7H,3H2,1-2H3,(H,13,14). The fraction of sp³-hybridized carbons (Fsp3) is 0.250. The van der Waals surface area contributed by atoms with E-state index < -0.39 is 0 Å². The van der Waals surface area contributed by atoms with Crippen LogP contribution in [0.25, 0.3) is 11.0 Å². The second kappa shape index (κ2) is 3.77. The highest BCUT2D eigenvalue weighted by Gasteiger charge is 2.04. The molecule has 0 bridgehead atoms. The fourth-order valence-corrected chi connectivity index (χ4v) is 1.53. The monoisotopic (exact) mass is 203 g/mol. The second-order valence-corrected chi connectivity index (χ2v) is 3.52. The SMILES string of the molecule is CCc1ccc2cc(NC(C)=O)oc2c1. The largest absolute Gasteiger partial charge is 0.440 e. The average molecular weight is 203 g/mol. The zero-order chi connectivity index (χ0) is 10.8. The van der Waals surface area contributed by atoms with Gasteiger partial charge in [0.15, 0.2) is 0 Å². The Bertz CT molecular complexity index is 499. The van der Waals surface area contributed by atoms with E-state index in [1.807, 2.05) is 18.2 Å².